The van der Waals surface area contributed by atoms with Gasteiger partial charge in [0.1, 0.15) is 12.1 Å². The Bertz CT molecular complexity index is 844. The van der Waals surface area contributed by atoms with Crippen molar-refractivity contribution in [3.8, 4) is 0 Å². The molecule has 2 aromatic rings. The van der Waals surface area contributed by atoms with Gasteiger partial charge in [0.25, 0.3) is 5.91 Å². The lowest BCUT2D eigenvalue weighted by Gasteiger charge is -2.23. The lowest BCUT2D eigenvalue weighted by atomic mass is 9.90. The van der Waals surface area contributed by atoms with Gasteiger partial charge in [0, 0.05) is 6.92 Å². The molecule has 124 valence electrons. The minimum atomic E-state index is -1.07. The predicted octanol–water partition coefficient (Wildman–Crippen LogP) is 1.83. The average molecular weight is 326 g/mol. The molecule has 7 heteroatoms. The molecule has 0 radical (unpaired) electrons. The van der Waals surface area contributed by atoms with Crippen LogP contribution in [0.1, 0.15) is 41.8 Å². The summed E-state index contributed by atoms with van der Waals surface area (Å²) in [6.07, 6.45) is 3.24. The number of nitrogens with one attached hydrogen (secondary N) is 1. The van der Waals surface area contributed by atoms with Crippen LogP contribution < -0.4 is 5.32 Å². The van der Waals surface area contributed by atoms with E-state index in [0.717, 1.165) is 29.7 Å². The summed E-state index contributed by atoms with van der Waals surface area (Å²) in [6, 6.07) is 5.59. The lowest BCUT2D eigenvalue weighted by molar-refractivity contribution is -0.131. The minimum Gasteiger partial charge on any atom is -0.424 e. The molecule has 4 rings (SSSR count). The summed E-state index contributed by atoms with van der Waals surface area (Å²) < 4.78 is 5.28. The van der Waals surface area contributed by atoms with E-state index < -0.39 is 11.6 Å². The van der Waals surface area contributed by atoms with Gasteiger partial charge in [-0.2, -0.15) is 0 Å². The highest BCUT2D eigenvalue weighted by Gasteiger charge is 2.49. The van der Waals surface area contributed by atoms with Crippen LogP contribution in [0.5, 0.6) is 0 Å². The molecule has 1 aromatic carbocycles. The smallest absolute Gasteiger partial charge is 0.325 e. The van der Waals surface area contributed by atoms with Gasteiger partial charge in [0.15, 0.2) is 0 Å². The summed E-state index contributed by atoms with van der Waals surface area (Å²) in [5, 5.41) is 10.4. The Kier molecular flexibility index (Phi) is 3.19. The first kappa shape index (κ1) is 14.9. The number of fused-ring (bicyclic) bond motifs is 1. The molecule has 1 unspecified atom stereocenters. The van der Waals surface area contributed by atoms with E-state index in [1.54, 1.807) is 13.8 Å². The number of aryl methyl sites for hydroxylation is 3. The minimum absolute atomic E-state index is 0.0218. The van der Waals surface area contributed by atoms with Crippen molar-refractivity contribution < 1.29 is 14.0 Å². The quantitative estimate of drug-likeness (QED) is 0.869. The third-order valence-corrected chi connectivity index (χ3v) is 4.81. The van der Waals surface area contributed by atoms with Crippen LogP contribution >= 0.6 is 0 Å². The fourth-order valence-corrected chi connectivity index (χ4v) is 3.46. The lowest BCUT2D eigenvalue weighted by Crippen LogP contribution is -2.41. The Morgan fingerprint density at radius 2 is 2.04 bits per heavy atom. The molecule has 1 saturated heterocycles. The van der Waals surface area contributed by atoms with Crippen LogP contribution in [-0.2, 0) is 29.7 Å². The Morgan fingerprint density at radius 3 is 2.79 bits per heavy atom. The monoisotopic (exact) mass is 326 g/mol. The average Bonchev–Trinajstić information content (AvgIpc) is 3.23. The zero-order valence-corrected chi connectivity index (χ0v) is 13.6. The molecule has 24 heavy (non-hydrogen) atoms. The van der Waals surface area contributed by atoms with Crippen LogP contribution in [0.15, 0.2) is 22.6 Å². The van der Waals surface area contributed by atoms with Crippen LogP contribution in [-0.4, -0.2) is 27.0 Å². The highest BCUT2D eigenvalue weighted by molar-refractivity contribution is 6.07. The number of nitrogens with zero attached hydrogens (tertiary/aromatic N) is 3. The number of hydrogen-bond acceptors (Lipinski definition) is 5. The molecule has 7 nitrogen and oxygen atoms in total. The van der Waals surface area contributed by atoms with Crippen LogP contribution in [0, 0.1) is 6.92 Å². The molecule has 2 heterocycles. The van der Waals surface area contributed by atoms with Gasteiger partial charge in [-0.1, -0.05) is 18.2 Å². The summed E-state index contributed by atoms with van der Waals surface area (Å²) in [5.41, 5.74) is 2.34. The van der Waals surface area contributed by atoms with E-state index in [1.165, 1.54) is 11.1 Å². The standard InChI is InChI=1S/C17H18N4O3/c1-10-19-20-14(24-10)9-21-15(22)17(2,18-16(21)23)13-7-6-11-4-3-5-12(11)8-13/h6-8H,3-5,9H2,1-2H3,(H,18,23). The Hall–Kier alpha value is -2.70. The Labute approximate surface area is 139 Å². The number of amides is 3. The largest absolute Gasteiger partial charge is 0.424 e. The van der Waals surface area contributed by atoms with Crippen molar-refractivity contribution >= 4 is 11.9 Å². The number of benzene rings is 1. The molecule has 0 bridgehead atoms. The van der Waals surface area contributed by atoms with Crippen LogP contribution in [0.4, 0.5) is 4.79 Å². The van der Waals surface area contributed by atoms with E-state index in [1.807, 2.05) is 12.1 Å². The van der Waals surface area contributed by atoms with Gasteiger partial charge in [-0.15, -0.1) is 10.2 Å². The Balaban J connectivity index is 1.64. The number of imide groups is 1. The summed E-state index contributed by atoms with van der Waals surface area (Å²) in [6.45, 7) is 3.38. The molecule has 0 saturated carbocycles. The van der Waals surface area contributed by atoms with Crippen molar-refractivity contribution in [2.24, 2.45) is 0 Å². The Morgan fingerprint density at radius 1 is 1.25 bits per heavy atom. The number of aromatic nitrogens is 2. The van der Waals surface area contributed by atoms with Gasteiger partial charge in [0.05, 0.1) is 0 Å². The fraction of sp³-hybridized carbons (Fsp3) is 0.412. The first-order valence-corrected chi connectivity index (χ1v) is 8.03. The summed E-state index contributed by atoms with van der Waals surface area (Å²) in [5.74, 6) is 0.342. The van der Waals surface area contributed by atoms with Crippen molar-refractivity contribution in [1.82, 2.24) is 20.4 Å². The zero-order valence-electron chi connectivity index (χ0n) is 13.6. The molecule has 1 aromatic heterocycles. The van der Waals surface area contributed by atoms with E-state index >= 15 is 0 Å². The van der Waals surface area contributed by atoms with Crippen molar-refractivity contribution in [3.05, 3.63) is 46.7 Å². The van der Waals surface area contributed by atoms with Gasteiger partial charge in [-0.3, -0.25) is 9.69 Å². The molecule has 1 aliphatic carbocycles. The van der Waals surface area contributed by atoms with Gasteiger partial charge in [-0.05, 0) is 42.9 Å². The van der Waals surface area contributed by atoms with Gasteiger partial charge >= 0.3 is 6.03 Å². The highest BCUT2D eigenvalue weighted by Crippen LogP contribution is 2.33. The van der Waals surface area contributed by atoms with Gasteiger partial charge in [0.2, 0.25) is 11.8 Å². The second-order valence-corrected chi connectivity index (χ2v) is 6.50. The molecule has 1 atom stereocenters. The normalized spacial score (nSPS) is 22.8. The molecule has 3 amide bonds. The van der Waals surface area contributed by atoms with Crippen molar-refractivity contribution in [2.75, 3.05) is 0 Å². The molecule has 1 fully saturated rings. The van der Waals surface area contributed by atoms with Crippen molar-refractivity contribution in [1.29, 1.82) is 0 Å². The second-order valence-electron chi connectivity index (χ2n) is 6.50. The molecule has 1 N–H and O–H groups in total. The van der Waals surface area contributed by atoms with Crippen LogP contribution in [0.25, 0.3) is 0 Å². The first-order chi connectivity index (χ1) is 11.5. The summed E-state index contributed by atoms with van der Waals surface area (Å²) in [7, 11) is 0. The molecule has 2 aliphatic rings. The third-order valence-electron chi connectivity index (χ3n) is 4.81. The van der Waals surface area contributed by atoms with Gasteiger partial charge in [-0.25, -0.2) is 4.79 Å². The van der Waals surface area contributed by atoms with E-state index in [0.29, 0.717) is 5.89 Å². The maximum atomic E-state index is 12.9. The molecular formula is C17H18N4O3. The maximum absolute atomic E-state index is 12.9. The second kappa shape index (κ2) is 5.15. The van der Waals surface area contributed by atoms with Crippen molar-refractivity contribution in [2.45, 2.75) is 45.2 Å². The summed E-state index contributed by atoms with van der Waals surface area (Å²) >= 11 is 0. The number of carbonyl (C=O) groups is 2. The van der Waals surface area contributed by atoms with E-state index in [-0.39, 0.29) is 18.3 Å². The predicted molar refractivity (Wildman–Crippen MR) is 83.9 cm³/mol. The number of urea groups is 1. The van der Waals surface area contributed by atoms with E-state index in [4.69, 9.17) is 4.42 Å². The third kappa shape index (κ3) is 2.19. The SMILES string of the molecule is Cc1nnc(CN2C(=O)NC(C)(c3ccc4c(c3)CCC4)C2=O)o1. The fourth-order valence-electron chi connectivity index (χ4n) is 3.46. The molecule has 1 aliphatic heterocycles. The maximum Gasteiger partial charge on any atom is 0.325 e. The topological polar surface area (TPSA) is 88.3 Å². The molecular weight excluding hydrogens is 308 g/mol. The highest BCUT2D eigenvalue weighted by atomic mass is 16.4. The zero-order chi connectivity index (χ0) is 16.9. The van der Waals surface area contributed by atoms with E-state index in [2.05, 4.69) is 21.6 Å². The number of rotatable bonds is 3. The summed E-state index contributed by atoms with van der Waals surface area (Å²) in [4.78, 5) is 26.4. The first-order valence-electron chi connectivity index (χ1n) is 8.03. The number of hydrogen-bond donors (Lipinski definition) is 1. The van der Waals surface area contributed by atoms with E-state index in [9.17, 15) is 9.59 Å². The van der Waals surface area contributed by atoms with Crippen molar-refractivity contribution in [3.63, 3.8) is 0 Å². The number of carbonyl (C=O) groups excluding carboxylic acids is 2. The van der Waals surface area contributed by atoms with Crippen LogP contribution in [0.2, 0.25) is 0 Å². The van der Waals surface area contributed by atoms with Gasteiger partial charge < -0.3 is 9.73 Å². The molecule has 0 spiro atoms. The van der Waals surface area contributed by atoms with Crippen LogP contribution in [0.3, 0.4) is 0 Å².